The summed E-state index contributed by atoms with van der Waals surface area (Å²) in [6.07, 6.45) is 0. The lowest BCUT2D eigenvalue weighted by molar-refractivity contribution is 0.768. The molecule has 0 radical (unpaired) electrons. The van der Waals surface area contributed by atoms with Crippen molar-refractivity contribution in [2.75, 3.05) is 9.80 Å². The first kappa shape index (κ1) is 48.8. The summed E-state index contributed by atoms with van der Waals surface area (Å²) >= 11 is 0. The molecule has 1 aliphatic rings. The predicted octanol–water partition coefficient (Wildman–Crippen LogP) is 24.7. The Morgan fingerprint density at radius 1 is 0.194 bits per heavy atom. The molecule has 0 aromatic heterocycles. The lowest BCUT2D eigenvalue weighted by Gasteiger charge is -2.35. The molecule has 0 fully saturated rings. The number of hydrogen-bond donors (Lipinski definition) is 0. The Morgan fingerprint density at radius 2 is 0.505 bits per heavy atom. The van der Waals surface area contributed by atoms with Crippen LogP contribution in [0.3, 0.4) is 0 Å². The van der Waals surface area contributed by atoms with Crippen molar-refractivity contribution in [3.63, 3.8) is 0 Å². The topological polar surface area (TPSA) is 6.48 Å². The minimum absolute atomic E-state index is 0.126. The maximum atomic E-state index is 9.23. The summed E-state index contributed by atoms with van der Waals surface area (Å²) in [6.45, 7) is 0. The summed E-state index contributed by atoms with van der Waals surface area (Å²) in [5.74, 6) is 0. The van der Waals surface area contributed by atoms with Gasteiger partial charge in [-0.1, -0.05) is 334 Å². The highest BCUT2D eigenvalue weighted by Gasteiger charge is 2.46. The smallest absolute Gasteiger partial charge is 0.0714 e. The molecular weight excluding hydrogens is 1120 g/mol. The second-order valence-electron chi connectivity index (χ2n) is 22.9. The van der Waals surface area contributed by atoms with Crippen LogP contribution in [0.2, 0.25) is 0 Å². The molecule has 0 spiro atoms. The normalized spacial score (nSPS) is 12.9. The number of benzene rings is 15. The summed E-state index contributed by atoms with van der Waals surface area (Å²) in [5.41, 5.74) is 20.5. The van der Waals surface area contributed by atoms with Crippen molar-refractivity contribution in [1.29, 1.82) is 0 Å². The highest BCUT2D eigenvalue weighted by molar-refractivity contribution is 5.93. The summed E-state index contributed by atoms with van der Waals surface area (Å²) < 4.78 is 73.1. The van der Waals surface area contributed by atoms with Crippen molar-refractivity contribution in [3.05, 3.63) is 422 Å². The molecule has 0 bridgehead atoms. The van der Waals surface area contributed by atoms with Crippen LogP contribution in [0.4, 0.5) is 34.1 Å². The number of fused-ring (bicyclic) bond motifs is 3. The van der Waals surface area contributed by atoms with E-state index in [9.17, 15) is 5.48 Å². The molecule has 1 aliphatic carbocycles. The standard InChI is InChI=1S/C49H35N.C42H31N/c1-5-17-36(18-6-1)37-29-31-41(32-30-37)50(48-28-16-14-25-43(48)38-19-7-2-8-20-38)42-33-34-45-44-26-13-15-27-46(44)49(47(45)35-42,39-21-9-3-10-22-39)40-23-11-4-12-24-40;1-4-12-32(13-5-1)34-20-26-38(27-21-34)43(39-28-22-35(23-29-39)33-14-6-2-7-15-33)40-30-24-37(25-31-40)42-19-11-10-18-41(42)36-16-8-3-9-17-36/h1-35H;1-31H/i;20D,21D,22D,23D,26D,27D,28D,29D. The van der Waals surface area contributed by atoms with E-state index >= 15 is 0 Å². The van der Waals surface area contributed by atoms with Gasteiger partial charge in [0.25, 0.3) is 0 Å². The largest absolute Gasteiger partial charge is 0.311 e. The van der Waals surface area contributed by atoms with Gasteiger partial charge in [-0.25, -0.2) is 0 Å². The van der Waals surface area contributed by atoms with Crippen LogP contribution in [0.1, 0.15) is 33.2 Å². The van der Waals surface area contributed by atoms with Crippen LogP contribution >= 0.6 is 0 Å². The Morgan fingerprint density at radius 3 is 0.978 bits per heavy atom. The number of rotatable bonds is 14. The van der Waals surface area contributed by atoms with E-state index in [1.165, 1.54) is 60.5 Å². The fourth-order valence-corrected chi connectivity index (χ4v) is 13.1. The van der Waals surface area contributed by atoms with E-state index in [-0.39, 0.29) is 70.8 Å². The third-order valence-corrected chi connectivity index (χ3v) is 17.4. The molecule has 16 rings (SSSR count). The molecule has 0 aliphatic heterocycles. The van der Waals surface area contributed by atoms with Crippen LogP contribution < -0.4 is 9.80 Å². The molecule has 0 amide bonds. The number of anilines is 6. The van der Waals surface area contributed by atoms with E-state index in [4.69, 9.17) is 5.48 Å². The van der Waals surface area contributed by atoms with Crippen molar-refractivity contribution < 1.29 is 11.0 Å². The van der Waals surface area contributed by atoms with Gasteiger partial charge in [0.1, 0.15) is 0 Å². The molecule has 0 atom stereocenters. The monoisotopic (exact) mass is 1190 g/mol. The van der Waals surface area contributed by atoms with Crippen molar-refractivity contribution in [1.82, 2.24) is 0 Å². The van der Waals surface area contributed by atoms with Gasteiger partial charge in [0, 0.05) is 34.0 Å². The Hall–Kier alpha value is -12.1. The molecule has 0 saturated heterocycles. The van der Waals surface area contributed by atoms with Gasteiger partial charge in [-0.05, 0) is 161 Å². The van der Waals surface area contributed by atoms with Gasteiger partial charge in [0.15, 0.2) is 0 Å². The average molecular weight is 1200 g/mol. The van der Waals surface area contributed by atoms with Gasteiger partial charge in [-0.15, -0.1) is 0 Å². The van der Waals surface area contributed by atoms with E-state index < -0.39 is 5.41 Å². The quantitative estimate of drug-likeness (QED) is 0.107. The van der Waals surface area contributed by atoms with Crippen molar-refractivity contribution >= 4 is 34.1 Å². The molecule has 15 aromatic rings. The minimum Gasteiger partial charge on any atom is -0.311 e. The highest BCUT2D eigenvalue weighted by atomic mass is 15.1. The second kappa shape index (κ2) is 26.2. The van der Waals surface area contributed by atoms with Crippen molar-refractivity contribution in [3.8, 4) is 77.9 Å². The predicted molar refractivity (Wildman–Crippen MR) is 392 cm³/mol. The molecule has 15 aromatic carbocycles. The first-order valence-corrected chi connectivity index (χ1v) is 31.3. The SMILES string of the molecule is [2H]c1c([2H])c(N(c2ccc(-c3ccccc3-c3ccccc3)cc2)c2c([2H])c([2H])c(-c3ccccc3)c([2H])c2[2H])c([2H])c([2H])c1-c1ccccc1.c1ccc(-c2ccc(N(c3ccc4c(c3)C(c3ccccc3)(c3ccccc3)c3ccccc3-4)c3ccccc3-c3ccccc3)cc2)cc1. The Balaban J connectivity index is 0.000000164. The summed E-state index contributed by atoms with van der Waals surface area (Å²) in [7, 11) is 0. The molecule has 0 unspecified atom stereocenters. The van der Waals surface area contributed by atoms with E-state index in [1.807, 2.05) is 66.7 Å². The second-order valence-corrected chi connectivity index (χ2v) is 22.9. The van der Waals surface area contributed by atoms with Crippen molar-refractivity contribution in [2.45, 2.75) is 5.41 Å². The summed E-state index contributed by atoms with van der Waals surface area (Å²) in [6, 6.07) is 117. The van der Waals surface area contributed by atoms with Crippen LogP contribution in [-0.2, 0) is 5.41 Å². The Kier molecular flexibility index (Phi) is 13.7. The zero-order valence-corrected chi connectivity index (χ0v) is 50.9. The molecule has 0 heterocycles. The highest BCUT2D eigenvalue weighted by Crippen LogP contribution is 2.57. The fourth-order valence-electron chi connectivity index (χ4n) is 13.1. The summed E-state index contributed by atoms with van der Waals surface area (Å²) in [4.78, 5) is 3.76. The van der Waals surface area contributed by atoms with E-state index in [0.29, 0.717) is 16.8 Å². The van der Waals surface area contributed by atoms with Crippen LogP contribution in [0.15, 0.2) is 400 Å². The van der Waals surface area contributed by atoms with E-state index in [0.717, 1.165) is 39.3 Å². The molecule has 2 nitrogen and oxygen atoms in total. The van der Waals surface area contributed by atoms with Crippen LogP contribution in [-0.4, -0.2) is 0 Å². The van der Waals surface area contributed by atoms with E-state index in [1.54, 1.807) is 72.8 Å². The molecule has 2 heteroatoms. The number of para-hydroxylation sites is 1. The lowest BCUT2D eigenvalue weighted by atomic mass is 9.67. The minimum atomic E-state index is -0.480. The number of hydrogen-bond acceptors (Lipinski definition) is 2. The van der Waals surface area contributed by atoms with E-state index in [2.05, 4.69) is 217 Å². The Labute approximate surface area is 557 Å². The van der Waals surface area contributed by atoms with Gasteiger partial charge >= 0.3 is 0 Å². The molecule has 0 saturated carbocycles. The molecular formula is C91H66N2. The maximum Gasteiger partial charge on any atom is 0.0714 e. The third kappa shape index (κ3) is 11.4. The van der Waals surface area contributed by atoms with Crippen molar-refractivity contribution in [2.24, 2.45) is 0 Å². The van der Waals surface area contributed by atoms with Gasteiger partial charge < -0.3 is 9.80 Å². The maximum absolute atomic E-state index is 9.23. The lowest BCUT2D eigenvalue weighted by Crippen LogP contribution is -2.28. The first-order valence-electron chi connectivity index (χ1n) is 35.3. The molecule has 0 N–H and O–H groups in total. The zero-order chi connectivity index (χ0) is 69.1. The Bertz CT molecular complexity index is 5270. The van der Waals surface area contributed by atoms with Crippen LogP contribution in [0.5, 0.6) is 0 Å². The number of nitrogens with zero attached hydrogens (tertiary/aromatic N) is 2. The first-order chi connectivity index (χ1) is 49.5. The zero-order valence-electron chi connectivity index (χ0n) is 58.9. The third-order valence-electron chi connectivity index (χ3n) is 17.4. The molecule has 440 valence electrons. The van der Waals surface area contributed by atoms with Crippen LogP contribution in [0.25, 0.3) is 77.9 Å². The van der Waals surface area contributed by atoms with Gasteiger partial charge in [0.2, 0.25) is 0 Å². The van der Waals surface area contributed by atoms with Gasteiger partial charge in [0.05, 0.1) is 22.1 Å². The average Bonchev–Trinajstić information content (AvgIpc) is 1.56. The summed E-state index contributed by atoms with van der Waals surface area (Å²) in [5, 5.41) is 0. The fraction of sp³-hybridized carbons (Fsp3) is 0.0110. The molecule has 93 heavy (non-hydrogen) atoms. The van der Waals surface area contributed by atoms with Crippen LogP contribution in [0, 0.1) is 0 Å². The van der Waals surface area contributed by atoms with Gasteiger partial charge in [-0.2, -0.15) is 0 Å². The van der Waals surface area contributed by atoms with Gasteiger partial charge in [-0.3, -0.25) is 0 Å².